The van der Waals surface area contributed by atoms with E-state index in [-0.39, 0.29) is 6.54 Å². The number of rotatable bonds is 1. The minimum atomic E-state index is -3.44. The minimum Gasteiger partial charge on any atom is -0.444 e. The number of halogens is 2. The van der Waals surface area contributed by atoms with Gasteiger partial charge in [0.2, 0.25) is 0 Å². The first kappa shape index (κ1) is 15.1. The number of nitrogens with zero attached hydrogens (tertiary/aromatic N) is 1. The standard InChI is InChI=1S/C11H19F2NO4/c1-10(2,3)18-9(17)14-4-7(5-15)8(16)11(12,13)6-14/h7-8,15-16H,4-6H2,1-3H3/t7-,8-/m1/s1. The Morgan fingerprint density at radius 1 is 1.50 bits per heavy atom. The summed E-state index contributed by atoms with van der Waals surface area (Å²) in [6.07, 6.45) is -2.81. The molecule has 1 heterocycles. The Morgan fingerprint density at radius 2 is 2.06 bits per heavy atom. The number of alkyl halides is 2. The largest absolute Gasteiger partial charge is 0.444 e. The lowest BCUT2D eigenvalue weighted by Crippen LogP contribution is -2.59. The lowest BCUT2D eigenvalue weighted by Gasteiger charge is -2.40. The molecule has 1 aliphatic heterocycles. The van der Waals surface area contributed by atoms with Gasteiger partial charge in [0, 0.05) is 12.5 Å². The van der Waals surface area contributed by atoms with Gasteiger partial charge in [-0.15, -0.1) is 0 Å². The SMILES string of the molecule is CC(C)(C)OC(=O)N1C[C@H](CO)[C@@H](O)C(F)(F)C1. The molecule has 1 amide bonds. The Balaban J connectivity index is 2.76. The highest BCUT2D eigenvalue weighted by Crippen LogP contribution is 2.31. The molecule has 0 radical (unpaired) electrons. The van der Waals surface area contributed by atoms with Crippen molar-refractivity contribution in [1.29, 1.82) is 0 Å². The molecule has 5 nitrogen and oxygen atoms in total. The number of carbonyl (C=O) groups excluding carboxylic acids is 1. The van der Waals surface area contributed by atoms with Gasteiger partial charge in [-0.1, -0.05) is 0 Å². The van der Waals surface area contributed by atoms with E-state index in [4.69, 9.17) is 9.84 Å². The maximum Gasteiger partial charge on any atom is 0.410 e. The topological polar surface area (TPSA) is 70.0 Å². The Kier molecular flexibility index (Phi) is 4.17. The third-order valence-corrected chi connectivity index (χ3v) is 2.62. The third kappa shape index (κ3) is 3.52. The zero-order valence-corrected chi connectivity index (χ0v) is 10.7. The number of carbonyl (C=O) groups is 1. The van der Waals surface area contributed by atoms with E-state index in [1.807, 2.05) is 0 Å². The number of aliphatic hydroxyl groups is 2. The summed E-state index contributed by atoms with van der Waals surface area (Å²) in [5, 5.41) is 18.3. The zero-order chi connectivity index (χ0) is 14.1. The highest BCUT2D eigenvalue weighted by Gasteiger charge is 2.50. The lowest BCUT2D eigenvalue weighted by atomic mass is 9.93. The second-order valence-corrected chi connectivity index (χ2v) is 5.51. The van der Waals surface area contributed by atoms with Gasteiger partial charge >= 0.3 is 6.09 Å². The summed E-state index contributed by atoms with van der Waals surface area (Å²) in [7, 11) is 0. The first-order valence-electron chi connectivity index (χ1n) is 5.71. The average molecular weight is 267 g/mol. The average Bonchev–Trinajstić information content (AvgIpc) is 2.19. The van der Waals surface area contributed by atoms with Crippen molar-refractivity contribution in [2.45, 2.75) is 38.4 Å². The number of likely N-dealkylation sites (tertiary alicyclic amines) is 1. The fraction of sp³-hybridized carbons (Fsp3) is 0.909. The number of hydrogen-bond acceptors (Lipinski definition) is 4. The molecule has 2 N–H and O–H groups in total. The number of piperidine rings is 1. The van der Waals surface area contributed by atoms with Gasteiger partial charge < -0.3 is 19.8 Å². The first-order valence-corrected chi connectivity index (χ1v) is 5.71. The molecule has 0 bridgehead atoms. The van der Waals surface area contributed by atoms with Crippen molar-refractivity contribution in [1.82, 2.24) is 4.90 Å². The summed E-state index contributed by atoms with van der Waals surface area (Å²) in [5.41, 5.74) is -0.781. The molecule has 2 atom stereocenters. The van der Waals surface area contributed by atoms with Crippen LogP contribution in [0, 0.1) is 5.92 Å². The van der Waals surface area contributed by atoms with E-state index in [9.17, 15) is 18.7 Å². The molecule has 0 aromatic rings. The molecular formula is C11H19F2NO4. The second-order valence-electron chi connectivity index (χ2n) is 5.51. The number of hydrogen-bond donors (Lipinski definition) is 2. The smallest absolute Gasteiger partial charge is 0.410 e. The van der Waals surface area contributed by atoms with Crippen LogP contribution in [0.4, 0.5) is 13.6 Å². The molecule has 1 aliphatic rings. The fourth-order valence-electron chi connectivity index (χ4n) is 1.76. The molecule has 106 valence electrons. The summed E-state index contributed by atoms with van der Waals surface area (Å²) in [6, 6.07) is 0. The van der Waals surface area contributed by atoms with Crippen LogP contribution < -0.4 is 0 Å². The molecule has 1 rings (SSSR count). The zero-order valence-electron chi connectivity index (χ0n) is 10.7. The van der Waals surface area contributed by atoms with Gasteiger partial charge in [-0.3, -0.25) is 0 Å². The summed E-state index contributed by atoms with van der Waals surface area (Å²) in [5.74, 6) is -4.51. The third-order valence-electron chi connectivity index (χ3n) is 2.62. The summed E-state index contributed by atoms with van der Waals surface area (Å²) in [6.45, 7) is 3.22. The van der Waals surface area contributed by atoms with E-state index < -0.39 is 42.8 Å². The number of aliphatic hydroxyl groups excluding tert-OH is 2. The summed E-state index contributed by atoms with van der Waals surface area (Å²) >= 11 is 0. The Bertz CT molecular complexity index is 317. The molecule has 0 saturated carbocycles. The van der Waals surface area contributed by atoms with Crippen LogP contribution in [-0.4, -0.2) is 58.5 Å². The summed E-state index contributed by atoms with van der Waals surface area (Å²) < 4.78 is 31.9. The lowest BCUT2D eigenvalue weighted by molar-refractivity contribution is -0.177. The molecule has 0 aromatic carbocycles. The van der Waals surface area contributed by atoms with Crippen LogP contribution in [0.1, 0.15) is 20.8 Å². The normalized spacial score (nSPS) is 28.1. The predicted octanol–water partition coefficient (Wildman–Crippen LogP) is 0.842. The number of ether oxygens (including phenoxy) is 1. The van der Waals surface area contributed by atoms with Crippen LogP contribution in [0.25, 0.3) is 0 Å². The van der Waals surface area contributed by atoms with Crippen molar-refractivity contribution in [3.63, 3.8) is 0 Å². The summed E-state index contributed by atoms with van der Waals surface area (Å²) in [4.78, 5) is 12.5. The molecule has 1 fully saturated rings. The maximum absolute atomic E-state index is 13.5. The minimum absolute atomic E-state index is 0.151. The Labute approximate surface area is 104 Å². The van der Waals surface area contributed by atoms with Crippen LogP contribution in [0.2, 0.25) is 0 Å². The monoisotopic (exact) mass is 267 g/mol. The van der Waals surface area contributed by atoms with E-state index in [0.29, 0.717) is 0 Å². The van der Waals surface area contributed by atoms with Gasteiger partial charge in [-0.25, -0.2) is 13.6 Å². The van der Waals surface area contributed by atoms with Gasteiger partial charge in [-0.05, 0) is 20.8 Å². The van der Waals surface area contributed by atoms with Crippen LogP contribution in [0.3, 0.4) is 0 Å². The Hall–Kier alpha value is -0.950. The van der Waals surface area contributed by atoms with E-state index in [0.717, 1.165) is 4.90 Å². The van der Waals surface area contributed by atoms with Crippen molar-refractivity contribution in [2.24, 2.45) is 5.92 Å². The molecule has 18 heavy (non-hydrogen) atoms. The van der Waals surface area contributed by atoms with Crippen LogP contribution in [0.5, 0.6) is 0 Å². The first-order chi connectivity index (χ1) is 8.07. The van der Waals surface area contributed by atoms with Gasteiger partial charge in [0.15, 0.2) is 0 Å². The molecule has 0 aromatic heterocycles. The highest BCUT2D eigenvalue weighted by molar-refractivity contribution is 5.68. The van der Waals surface area contributed by atoms with Crippen LogP contribution in [-0.2, 0) is 4.74 Å². The fourth-order valence-corrected chi connectivity index (χ4v) is 1.76. The highest BCUT2D eigenvalue weighted by atomic mass is 19.3. The van der Waals surface area contributed by atoms with Gasteiger partial charge in [0.25, 0.3) is 5.92 Å². The van der Waals surface area contributed by atoms with Crippen molar-refractivity contribution in [2.75, 3.05) is 19.7 Å². The van der Waals surface area contributed by atoms with Crippen molar-refractivity contribution in [3.05, 3.63) is 0 Å². The van der Waals surface area contributed by atoms with E-state index in [1.165, 1.54) is 0 Å². The molecule has 0 aliphatic carbocycles. The molecule has 0 spiro atoms. The van der Waals surface area contributed by atoms with Crippen LogP contribution >= 0.6 is 0 Å². The predicted molar refractivity (Wildman–Crippen MR) is 59.3 cm³/mol. The molecule has 1 saturated heterocycles. The van der Waals surface area contributed by atoms with Gasteiger partial charge in [0.05, 0.1) is 13.2 Å². The van der Waals surface area contributed by atoms with Gasteiger partial charge in [-0.2, -0.15) is 0 Å². The molecule has 0 unspecified atom stereocenters. The quantitative estimate of drug-likeness (QED) is 0.738. The van der Waals surface area contributed by atoms with Crippen molar-refractivity contribution in [3.8, 4) is 0 Å². The van der Waals surface area contributed by atoms with Gasteiger partial charge in [0.1, 0.15) is 11.7 Å². The number of amides is 1. The van der Waals surface area contributed by atoms with E-state index in [1.54, 1.807) is 20.8 Å². The molecule has 7 heteroatoms. The Morgan fingerprint density at radius 3 is 2.50 bits per heavy atom. The second kappa shape index (κ2) is 4.97. The maximum atomic E-state index is 13.5. The van der Waals surface area contributed by atoms with Crippen molar-refractivity contribution >= 4 is 6.09 Å². The molecular weight excluding hydrogens is 248 g/mol. The van der Waals surface area contributed by atoms with E-state index >= 15 is 0 Å². The van der Waals surface area contributed by atoms with Crippen molar-refractivity contribution < 1.29 is 28.5 Å². The van der Waals surface area contributed by atoms with Crippen LogP contribution in [0.15, 0.2) is 0 Å². The van der Waals surface area contributed by atoms with E-state index in [2.05, 4.69) is 0 Å².